The van der Waals surface area contributed by atoms with Crippen LogP contribution >= 0.6 is 0 Å². The van der Waals surface area contributed by atoms with Crippen molar-refractivity contribution < 1.29 is 0 Å². The van der Waals surface area contributed by atoms with Crippen LogP contribution in [0.1, 0.15) is 47.6 Å². The first-order valence-electron chi connectivity index (χ1n) is 9.55. The Labute approximate surface area is 167 Å². The maximum absolute atomic E-state index is 4.87. The van der Waals surface area contributed by atoms with E-state index in [-0.39, 0.29) is 0 Å². The molecule has 0 unspecified atom stereocenters. The number of imidazole rings is 1. The van der Waals surface area contributed by atoms with Crippen LogP contribution in [0.15, 0.2) is 52.6 Å². The van der Waals surface area contributed by atoms with Crippen LogP contribution < -0.4 is 0 Å². The van der Waals surface area contributed by atoms with Crippen molar-refractivity contribution >= 4 is 22.8 Å². The molecule has 0 saturated carbocycles. The Morgan fingerprint density at radius 1 is 0.750 bits per heavy atom. The molecular weight excluding hydrogens is 344 g/mol. The first kappa shape index (κ1) is 19.7. The van der Waals surface area contributed by atoms with Crippen molar-refractivity contribution in [2.24, 2.45) is 17.0 Å². The van der Waals surface area contributed by atoms with Gasteiger partial charge in [-0.2, -0.15) is 0 Å². The lowest BCUT2D eigenvalue weighted by Crippen LogP contribution is -2.04. The summed E-state index contributed by atoms with van der Waals surface area (Å²) in [6.45, 7) is 12.4. The van der Waals surface area contributed by atoms with E-state index in [9.17, 15) is 0 Å². The summed E-state index contributed by atoms with van der Waals surface area (Å²) < 4.78 is 2.02. The largest absolute Gasteiger partial charge is 0.332 e. The van der Waals surface area contributed by atoms with E-state index in [0.29, 0.717) is 0 Å². The van der Waals surface area contributed by atoms with Gasteiger partial charge in [-0.25, -0.2) is 9.98 Å². The molecule has 3 rings (SSSR count). The first-order chi connectivity index (χ1) is 13.3. The normalized spacial score (nSPS) is 12.5. The van der Waals surface area contributed by atoms with Crippen LogP contribution in [-0.2, 0) is 7.05 Å². The van der Waals surface area contributed by atoms with E-state index < -0.39 is 0 Å². The SMILES string of the molecule is C/C(=N\c1c(C)cccc1C)c1cn(C)c(/C(C)=N/c2c(C)cccc2C)n1. The minimum absolute atomic E-state index is 0.855. The van der Waals surface area contributed by atoms with Crippen LogP contribution in [0.4, 0.5) is 11.4 Å². The summed E-state index contributed by atoms with van der Waals surface area (Å²) in [5.74, 6) is 0.855. The molecule has 0 fully saturated rings. The van der Waals surface area contributed by atoms with E-state index in [1.165, 1.54) is 22.3 Å². The number of aromatic nitrogens is 2. The fraction of sp³-hybridized carbons (Fsp3) is 0.292. The standard InChI is InChI=1S/C24H28N4/c1-15-10-8-11-16(2)22(15)25-19(5)21-14-28(7)24(27-21)20(6)26-23-17(3)12-9-13-18(23)4/h8-14H,1-7H3/b25-19+,26-20+. The lowest BCUT2D eigenvalue weighted by molar-refractivity contribution is 0.896. The number of para-hydroxylation sites is 2. The highest BCUT2D eigenvalue weighted by molar-refractivity contribution is 6.02. The Morgan fingerprint density at radius 3 is 1.64 bits per heavy atom. The van der Waals surface area contributed by atoms with Gasteiger partial charge in [0.15, 0.2) is 5.82 Å². The molecule has 0 spiro atoms. The summed E-state index contributed by atoms with van der Waals surface area (Å²) >= 11 is 0. The molecule has 28 heavy (non-hydrogen) atoms. The van der Waals surface area contributed by atoms with E-state index in [0.717, 1.165) is 34.3 Å². The van der Waals surface area contributed by atoms with Gasteiger partial charge in [-0.1, -0.05) is 36.4 Å². The van der Waals surface area contributed by atoms with E-state index >= 15 is 0 Å². The summed E-state index contributed by atoms with van der Waals surface area (Å²) in [4.78, 5) is 14.5. The van der Waals surface area contributed by atoms with Gasteiger partial charge in [-0.15, -0.1) is 0 Å². The number of nitrogens with zero attached hydrogens (tertiary/aromatic N) is 4. The molecule has 0 bridgehead atoms. The molecule has 4 nitrogen and oxygen atoms in total. The van der Waals surface area contributed by atoms with Gasteiger partial charge < -0.3 is 4.57 Å². The van der Waals surface area contributed by atoms with Gasteiger partial charge in [-0.3, -0.25) is 4.99 Å². The van der Waals surface area contributed by atoms with Gasteiger partial charge in [0, 0.05) is 13.2 Å². The Hall–Kier alpha value is -3.01. The molecule has 0 amide bonds. The second-order valence-electron chi connectivity index (χ2n) is 7.44. The van der Waals surface area contributed by atoms with Crippen molar-refractivity contribution in [1.29, 1.82) is 0 Å². The number of hydrogen-bond acceptors (Lipinski definition) is 3. The molecule has 144 valence electrons. The first-order valence-corrected chi connectivity index (χ1v) is 9.55. The molecule has 0 radical (unpaired) electrons. The van der Waals surface area contributed by atoms with Gasteiger partial charge in [0.2, 0.25) is 0 Å². The fourth-order valence-electron chi connectivity index (χ4n) is 3.38. The van der Waals surface area contributed by atoms with E-state index in [1.54, 1.807) is 0 Å². The zero-order valence-electron chi connectivity index (χ0n) is 17.8. The van der Waals surface area contributed by atoms with Crippen LogP contribution in [0.2, 0.25) is 0 Å². The second kappa shape index (κ2) is 7.93. The average molecular weight is 373 g/mol. The predicted octanol–water partition coefficient (Wildman–Crippen LogP) is 5.94. The number of hydrogen-bond donors (Lipinski definition) is 0. The Morgan fingerprint density at radius 2 is 1.18 bits per heavy atom. The molecule has 3 aromatic rings. The van der Waals surface area contributed by atoms with Gasteiger partial charge in [-0.05, 0) is 63.8 Å². The highest BCUT2D eigenvalue weighted by Crippen LogP contribution is 2.25. The Balaban J connectivity index is 1.99. The van der Waals surface area contributed by atoms with Crippen molar-refractivity contribution in [3.63, 3.8) is 0 Å². The molecule has 0 atom stereocenters. The van der Waals surface area contributed by atoms with Crippen molar-refractivity contribution in [2.45, 2.75) is 41.5 Å². The molecule has 0 aliphatic carbocycles. The number of benzene rings is 2. The molecule has 4 heteroatoms. The van der Waals surface area contributed by atoms with Crippen molar-refractivity contribution in [1.82, 2.24) is 9.55 Å². The highest BCUT2D eigenvalue weighted by Gasteiger charge is 2.12. The van der Waals surface area contributed by atoms with Gasteiger partial charge in [0.25, 0.3) is 0 Å². The van der Waals surface area contributed by atoms with Crippen molar-refractivity contribution in [2.75, 3.05) is 0 Å². The third-order valence-electron chi connectivity index (χ3n) is 5.01. The van der Waals surface area contributed by atoms with Crippen LogP contribution in [0.5, 0.6) is 0 Å². The summed E-state index contributed by atoms with van der Waals surface area (Å²) in [6, 6.07) is 12.5. The van der Waals surface area contributed by atoms with Crippen molar-refractivity contribution in [3.05, 3.63) is 76.4 Å². The summed E-state index contributed by atoms with van der Waals surface area (Å²) in [5.41, 5.74) is 9.38. The lowest BCUT2D eigenvalue weighted by atomic mass is 10.1. The number of rotatable bonds is 4. The lowest BCUT2D eigenvalue weighted by Gasteiger charge is -2.06. The number of aryl methyl sites for hydroxylation is 5. The molecule has 1 aromatic heterocycles. The highest BCUT2D eigenvalue weighted by atomic mass is 15.1. The van der Waals surface area contributed by atoms with Crippen LogP contribution in [0.3, 0.4) is 0 Å². The zero-order chi connectivity index (χ0) is 20.4. The summed E-state index contributed by atoms with van der Waals surface area (Å²) in [6.07, 6.45) is 2.02. The van der Waals surface area contributed by atoms with E-state index in [2.05, 4.69) is 64.1 Å². The minimum atomic E-state index is 0.855. The van der Waals surface area contributed by atoms with Gasteiger partial charge >= 0.3 is 0 Å². The predicted molar refractivity (Wildman–Crippen MR) is 119 cm³/mol. The molecule has 0 saturated heterocycles. The van der Waals surface area contributed by atoms with Crippen LogP contribution in [0, 0.1) is 27.7 Å². The third-order valence-corrected chi connectivity index (χ3v) is 5.01. The molecule has 0 aliphatic heterocycles. The monoisotopic (exact) mass is 372 g/mol. The molecular formula is C24H28N4. The zero-order valence-corrected chi connectivity index (χ0v) is 17.8. The maximum Gasteiger partial charge on any atom is 0.154 e. The quantitative estimate of drug-likeness (QED) is 0.523. The van der Waals surface area contributed by atoms with Crippen LogP contribution in [-0.4, -0.2) is 21.0 Å². The molecule has 2 aromatic carbocycles. The maximum atomic E-state index is 4.87. The molecule has 0 aliphatic rings. The topological polar surface area (TPSA) is 42.5 Å². The Bertz CT molecular complexity index is 1040. The third kappa shape index (κ3) is 3.96. The fourth-order valence-corrected chi connectivity index (χ4v) is 3.38. The summed E-state index contributed by atoms with van der Waals surface area (Å²) in [7, 11) is 2.00. The second-order valence-corrected chi connectivity index (χ2v) is 7.44. The van der Waals surface area contributed by atoms with Crippen molar-refractivity contribution in [3.8, 4) is 0 Å². The average Bonchev–Trinajstić information content (AvgIpc) is 3.03. The smallest absolute Gasteiger partial charge is 0.154 e. The molecule has 1 heterocycles. The van der Waals surface area contributed by atoms with Gasteiger partial charge in [0.05, 0.1) is 22.8 Å². The Kier molecular flexibility index (Phi) is 5.59. The van der Waals surface area contributed by atoms with Crippen LogP contribution in [0.25, 0.3) is 0 Å². The summed E-state index contributed by atoms with van der Waals surface area (Å²) in [5, 5.41) is 0. The molecule has 0 N–H and O–H groups in total. The van der Waals surface area contributed by atoms with E-state index in [1.807, 2.05) is 31.7 Å². The van der Waals surface area contributed by atoms with E-state index in [4.69, 9.17) is 15.0 Å². The minimum Gasteiger partial charge on any atom is -0.332 e. The number of aliphatic imine (C=N–C) groups is 2. The van der Waals surface area contributed by atoms with Gasteiger partial charge in [0.1, 0.15) is 5.69 Å².